The second-order valence-corrected chi connectivity index (χ2v) is 4.46. The molecule has 0 aliphatic heterocycles. The second kappa shape index (κ2) is 5.44. The average molecular weight is 253 g/mol. The molecule has 0 atom stereocenters. The Balaban J connectivity index is 3.19. The van der Waals surface area contributed by atoms with Crippen LogP contribution >= 0.6 is 0 Å². The van der Waals surface area contributed by atoms with E-state index in [1.165, 1.54) is 12.1 Å². The fourth-order valence-corrected chi connectivity index (χ4v) is 1.74. The summed E-state index contributed by atoms with van der Waals surface area (Å²) in [5, 5.41) is 21.5. The van der Waals surface area contributed by atoms with Gasteiger partial charge in [0.05, 0.1) is 15.9 Å². The predicted octanol–water partition coefficient (Wildman–Crippen LogP) is 2.60. The van der Waals surface area contributed by atoms with Gasteiger partial charge < -0.3 is 4.90 Å². The van der Waals surface area contributed by atoms with Crippen molar-refractivity contribution in [3.05, 3.63) is 38.4 Å². The molecule has 7 nitrogen and oxygen atoms in total. The summed E-state index contributed by atoms with van der Waals surface area (Å²) in [6, 6.07) is 3.68. The van der Waals surface area contributed by atoms with Gasteiger partial charge in [0.2, 0.25) is 0 Å². The van der Waals surface area contributed by atoms with Crippen LogP contribution < -0.4 is 4.90 Å². The van der Waals surface area contributed by atoms with E-state index >= 15 is 0 Å². The maximum atomic E-state index is 10.9. The Bertz CT molecular complexity index is 473. The second-order valence-electron chi connectivity index (χ2n) is 4.46. The molecule has 1 aromatic rings. The molecule has 0 bridgehead atoms. The molecule has 0 heterocycles. The lowest BCUT2D eigenvalue weighted by Gasteiger charge is -2.20. The summed E-state index contributed by atoms with van der Waals surface area (Å²) in [6.45, 7) is 4.63. The first-order valence-corrected chi connectivity index (χ1v) is 5.47. The lowest BCUT2D eigenvalue weighted by atomic mass is 10.1. The first kappa shape index (κ1) is 13.9. The van der Waals surface area contributed by atoms with E-state index in [1.807, 2.05) is 13.8 Å². The molecule has 0 unspecified atom stereocenters. The van der Waals surface area contributed by atoms with Gasteiger partial charge in [-0.25, -0.2) is 0 Å². The van der Waals surface area contributed by atoms with Gasteiger partial charge in [-0.05, 0) is 12.0 Å². The third kappa shape index (κ3) is 3.16. The SMILES string of the molecule is CC(C)CN(C)c1ccc([N+](=O)[O-])cc1[N+](=O)[O-]. The highest BCUT2D eigenvalue weighted by molar-refractivity contribution is 5.66. The number of non-ortho nitro benzene ring substituents is 1. The van der Waals surface area contributed by atoms with E-state index < -0.39 is 9.85 Å². The molecular formula is C11H15N3O4. The van der Waals surface area contributed by atoms with Crippen molar-refractivity contribution in [2.45, 2.75) is 13.8 Å². The highest BCUT2D eigenvalue weighted by Crippen LogP contribution is 2.31. The Hall–Kier alpha value is -2.18. The molecule has 0 aromatic heterocycles. The zero-order chi connectivity index (χ0) is 13.9. The summed E-state index contributed by atoms with van der Waals surface area (Å²) in [5.41, 5.74) is -0.130. The molecule has 0 saturated carbocycles. The number of nitrogens with zero attached hydrogens (tertiary/aromatic N) is 3. The standard InChI is InChI=1S/C11H15N3O4/c1-8(2)7-12(3)10-5-4-9(13(15)16)6-11(10)14(17)18/h4-6,8H,7H2,1-3H3. The zero-order valence-corrected chi connectivity index (χ0v) is 10.5. The lowest BCUT2D eigenvalue weighted by Crippen LogP contribution is -2.23. The Labute approximate surface area is 104 Å². The van der Waals surface area contributed by atoms with Crippen LogP contribution in [0.15, 0.2) is 18.2 Å². The van der Waals surface area contributed by atoms with Crippen molar-refractivity contribution in [3.63, 3.8) is 0 Å². The van der Waals surface area contributed by atoms with Gasteiger partial charge >= 0.3 is 0 Å². The summed E-state index contributed by atoms with van der Waals surface area (Å²) < 4.78 is 0. The van der Waals surface area contributed by atoms with Gasteiger partial charge in [-0.1, -0.05) is 13.8 Å². The van der Waals surface area contributed by atoms with Gasteiger partial charge in [0, 0.05) is 19.7 Å². The van der Waals surface area contributed by atoms with Gasteiger partial charge in [0.1, 0.15) is 5.69 Å². The fourth-order valence-electron chi connectivity index (χ4n) is 1.74. The van der Waals surface area contributed by atoms with Gasteiger partial charge in [0.15, 0.2) is 0 Å². The molecule has 1 aromatic carbocycles. The molecule has 0 spiro atoms. The highest BCUT2D eigenvalue weighted by atomic mass is 16.6. The Kier molecular flexibility index (Phi) is 4.19. The monoisotopic (exact) mass is 253 g/mol. The molecule has 18 heavy (non-hydrogen) atoms. The minimum atomic E-state index is -0.640. The molecule has 0 aliphatic carbocycles. The van der Waals surface area contributed by atoms with E-state index in [-0.39, 0.29) is 11.4 Å². The van der Waals surface area contributed by atoms with E-state index in [4.69, 9.17) is 0 Å². The molecule has 0 N–H and O–H groups in total. The molecule has 0 amide bonds. The maximum Gasteiger partial charge on any atom is 0.299 e. The number of anilines is 1. The van der Waals surface area contributed by atoms with Crippen LogP contribution in [-0.4, -0.2) is 23.4 Å². The van der Waals surface area contributed by atoms with Crippen molar-refractivity contribution in [2.75, 3.05) is 18.5 Å². The van der Waals surface area contributed by atoms with Crippen LogP contribution in [0.4, 0.5) is 17.1 Å². The van der Waals surface area contributed by atoms with Crippen LogP contribution in [-0.2, 0) is 0 Å². The topological polar surface area (TPSA) is 89.5 Å². The van der Waals surface area contributed by atoms with Crippen LogP contribution in [0.5, 0.6) is 0 Å². The first-order chi connectivity index (χ1) is 8.32. The Morgan fingerprint density at radius 3 is 2.28 bits per heavy atom. The van der Waals surface area contributed by atoms with Crippen LogP contribution in [0, 0.1) is 26.1 Å². The molecule has 0 saturated heterocycles. The Morgan fingerprint density at radius 2 is 1.83 bits per heavy atom. The lowest BCUT2D eigenvalue weighted by molar-refractivity contribution is -0.393. The van der Waals surface area contributed by atoms with Crippen LogP contribution in [0.25, 0.3) is 0 Å². The van der Waals surface area contributed by atoms with Crippen LogP contribution in [0.3, 0.4) is 0 Å². The van der Waals surface area contributed by atoms with Crippen molar-refractivity contribution in [1.29, 1.82) is 0 Å². The van der Waals surface area contributed by atoms with Crippen molar-refractivity contribution < 1.29 is 9.85 Å². The minimum absolute atomic E-state index is 0.243. The number of hydrogen-bond donors (Lipinski definition) is 0. The first-order valence-electron chi connectivity index (χ1n) is 5.47. The van der Waals surface area contributed by atoms with Crippen LogP contribution in [0.1, 0.15) is 13.8 Å². The molecule has 1 rings (SSSR count). The summed E-state index contributed by atoms with van der Waals surface area (Å²) >= 11 is 0. The van der Waals surface area contributed by atoms with Crippen molar-refractivity contribution in [2.24, 2.45) is 5.92 Å². The summed E-state index contributed by atoms with van der Waals surface area (Å²) in [6.07, 6.45) is 0. The number of benzene rings is 1. The fraction of sp³-hybridized carbons (Fsp3) is 0.455. The molecule has 98 valence electrons. The van der Waals surface area contributed by atoms with Crippen molar-refractivity contribution in [3.8, 4) is 0 Å². The van der Waals surface area contributed by atoms with E-state index in [2.05, 4.69) is 0 Å². The third-order valence-corrected chi connectivity index (χ3v) is 2.42. The number of rotatable bonds is 5. The Morgan fingerprint density at radius 1 is 1.22 bits per heavy atom. The minimum Gasteiger partial charge on any atom is -0.369 e. The predicted molar refractivity (Wildman–Crippen MR) is 67.9 cm³/mol. The number of nitro benzene ring substituents is 2. The van der Waals surface area contributed by atoms with Gasteiger partial charge in [-0.3, -0.25) is 20.2 Å². The molecular weight excluding hydrogens is 238 g/mol. The summed E-state index contributed by atoms with van der Waals surface area (Å²) in [7, 11) is 1.73. The summed E-state index contributed by atoms with van der Waals surface area (Å²) in [5.74, 6) is 0.338. The van der Waals surface area contributed by atoms with E-state index in [1.54, 1.807) is 11.9 Å². The van der Waals surface area contributed by atoms with Gasteiger partial charge in [0.25, 0.3) is 11.4 Å². The molecule has 0 radical (unpaired) electrons. The highest BCUT2D eigenvalue weighted by Gasteiger charge is 2.21. The number of nitro groups is 2. The van der Waals surface area contributed by atoms with E-state index in [0.29, 0.717) is 18.2 Å². The molecule has 0 aliphatic rings. The van der Waals surface area contributed by atoms with Crippen molar-refractivity contribution >= 4 is 17.1 Å². The molecule has 0 fully saturated rings. The quantitative estimate of drug-likeness (QED) is 0.594. The zero-order valence-electron chi connectivity index (χ0n) is 10.5. The van der Waals surface area contributed by atoms with Gasteiger partial charge in [-0.15, -0.1) is 0 Å². The normalized spacial score (nSPS) is 10.4. The smallest absolute Gasteiger partial charge is 0.299 e. The third-order valence-electron chi connectivity index (χ3n) is 2.42. The van der Waals surface area contributed by atoms with Crippen LogP contribution in [0.2, 0.25) is 0 Å². The largest absolute Gasteiger partial charge is 0.369 e. The number of hydrogen-bond acceptors (Lipinski definition) is 5. The summed E-state index contributed by atoms with van der Waals surface area (Å²) in [4.78, 5) is 22.0. The van der Waals surface area contributed by atoms with Gasteiger partial charge in [-0.2, -0.15) is 0 Å². The molecule has 7 heteroatoms. The van der Waals surface area contributed by atoms with Crippen molar-refractivity contribution in [1.82, 2.24) is 0 Å². The van der Waals surface area contributed by atoms with E-state index in [0.717, 1.165) is 6.07 Å². The maximum absolute atomic E-state index is 10.9. The average Bonchev–Trinajstić information content (AvgIpc) is 2.26. The van der Waals surface area contributed by atoms with E-state index in [9.17, 15) is 20.2 Å².